The van der Waals surface area contributed by atoms with Crippen LogP contribution in [-0.4, -0.2) is 49.7 Å². The van der Waals surface area contributed by atoms with E-state index in [2.05, 4.69) is 47.9 Å². The van der Waals surface area contributed by atoms with Gasteiger partial charge in [0.1, 0.15) is 23.2 Å². The highest BCUT2D eigenvalue weighted by molar-refractivity contribution is 5.95. The van der Waals surface area contributed by atoms with Crippen molar-refractivity contribution in [1.29, 1.82) is 0 Å². The molecule has 4 N–H and O–H groups in total. The number of aromatic amines is 2. The topological polar surface area (TPSA) is 107 Å². The van der Waals surface area contributed by atoms with Crippen LogP contribution in [0, 0.1) is 11.7 Å². The number of H-pyrrole nitrogens is 2. The van der Waals surface area contributed by atoms with Gasteiger partial charge in [-0.05, 0) is 80.5 Å². The van der Waals surface area contributed by atoms with Crippen LogP contribution in [0.3, 0.4) is 0 Å². The second kappa shape index (κ2) is 10.1. The summed E-state index contributed by atoms with van der Waals surface area (Å²) in [5.74, 6) is 1.04. The average Bonchev–Trinajstić information content (AvgIpc) is 3.33. The largest absolute Gasteiger partial charge is 0.373 e. The Bertz CT molecular complexity index is 1670. The highest BCUT2D eigenvalue weighted by Gasteiger charge is 2.38. The summed E-state index contributed by atoms with van der Waals surface area (Å²) in [6, 6.07) is 5.86. The third-order valence-corrected chi connectivity index (χ3v) is 9.15. The fourth-order valence-corrected chi connectivity index (χ4v) is 6.87. The van der Waals surface area contributed by atoms with Crippen molar-refractivity contribution in [2.45, 2.75) is 57.5 Å². The molecule has 1 atom stereocenters. The van der Waals surface area contributed by atoms with Gasteiger partial charge in [-0.2, -0.15) is 5.10 Å². The maximum absolute atomic E-state index is 16.3. The van der Waals surface area contributed by atoms with Gasteiger partial charge in [0.2, 0.25) is 0 Å². The molecule has 0 radical (unpaired) electrons. The van der Waals surface area contributed by atoms with E-state index in [1.165, 1.54) is 50.6 Å². The summed E-state index contributed by atoms with van der Waals surface area (Å²) < 4.78 is 16.3. The van der Waals surface area contributed by atoms with Gasteiger partial charge >= 0.3 is 0 Å². The summed E-state index contributed by atoms with van der Waals surface area (Å²) in [6.07, 6.45) is 16.9. The van der Waals surface area contributed by atoms with Crippen molar-refractivity contribution in [3.8, 4) is 22.6 Å². The molecule has 4 aliphatic rings. The van der Waals surface area contributed by atoms with Crippen molar-refractivity contribution in [1.82, 2.24) is 40.7 Å². The molecule has 2 saturated heterocycles. The third-order valence-electron chi connectivity index (χ3n) is 9.15. The lowest BCUT2D eigenvalue weighted by molar-refractivity contribution is 0.325. The second-order valence-corrected chi connectivity index (χ2v) is 11.9. The lowest BCUT2D eigenvalue weighted by Gasteiger charge is -2.30. The zero-order chi connectivity index (χ0) is 27.3. The summed E-state index contributed by atoms with van der Waals surface area (Å²) >= 11 is 0. The van der Waals surface area contributed by atoms with E-state index in [4.69, 9.17) is 4.98 Å². The van der Waals surface area contributed by atoms with Gasteiger partial charge in [0.25, 0.3) is 0 Å². The lowest BCUT2D eigenvalue weighted by atomic mass is 10.0. The number of nitrogens with zero attached hydrogens (tertiary/aromatic N) is 4. The quantitative estimate of drug-likeness (QED) is 0.217. The molecular formula is C32H35FN8. The van der Waals surface area contributed by atoms with Crippen LogP contribution in [0.5, 0.6) is 0 Å². The fraction of sp³-hybridized carbons (Fsp3) is 0.406. The first kappa shape index (κ1) is 24.8. The molecule has 9 heteroatoms. The number of allylic oxidation sites excluding steroid dienone is 2. The molecular weight excluding hydrogens is 515 g/mol. The van der Waals surface area contributed by atoms with Crippen LogP contribution in [0.15, 0.2) is 48.4 Å². The first-order chi connectivity index (χ1) is 20.2. The van der Waals surface area contributed by atoms with E-state index in [1.807, 2.05) is 24.4 Å². The molecule has 8 rings (SSSR count). The van der Waals surface area contributed by atoms with Crippen LogP contribution in [0.25, 0.3) is 39.2 Å². The highest BCUT2D eigenvalue weighted by atomic mass is 19.1. The summed E-state index contributed by atoms with van der Waals surface area (Å²) in [6.45, 7) is 3.81. The number of hydrogen-bond acceptors (Lipinski definition) is 6. The number of likely N-dealkylation sites (tertiary alicyclic amines) is 1. The number of imidazole rings is 1. The molecule has 3 aromatic heterocycles. The van der Waals surface area contributed by atoms with E-state index in [1.54, 1.807) is 6.20 Å². The van der Waals surface area contributed by atoms with Gasteiger partial charge in [-0.25, -0.2) is 9.37 Å². The van der Waals surface area contributed by atoms with E-state index >= 15 is 4.39 Å². The number of nitrogens with one attached hydrogen (secondary N) is 4. The van der Waals surface area contributed by atoms with Crippen molar-refractivity contribution in [2.75, 3.05) is 19.6 Å². The van der Waals surface area contributed by atoms with Crippen LogP contribution in [0.4, 0.5) is 4.39 Å². The van der Waals surface area contributed by atoms with E-state index in [0.29, 0.717) is 28.0 Å². The van der Waals surface area contributed by atoms with Gasteiger partial charge in [-0.3, -0.25) is 10.1 Å². The molecule has 2 aliphatic carbocycles. The summed E-state index contributed by atoms with van der Waals surface area (Å²) in [4.78, 5) is 15.4. The number of aromatic nitrogens is 5. The Hall–Kier alpha value is -3.98. The number of hydrogen-bond donors (Lipinski definition) is 4. The molecule has 4 aromatic rings. The fourth-order valence-electron chi connectivity index (χ4n) is 6.87. The molecule has 0 bridgehead atoms. The van der Waals surface area contributed by atoms with E-state index in [-0.39, 0.29) is 11.9 Å². The molecule has 0 amide bonds. The number of benzene rings is 1. The van der Waals surface area contributed by atoms with Crippen LogP contribution >= 0.6 is 0 Å². The Morgan fingerprint density at radius 1 is 1.00 bits per heavy atom. The number of fused-ring (bicyclic) bond motifs is 4. The molecule has 8 nitrogen and oxygen atoms in total. The van der Waals surface area contributed by atoms with Crippen molar-refractivity contribution < 1.29 is 4.39 Å². The first-order valence-corrected chi connectivity index (χ1v) is 15.1. The lowest BCUT2D eigenvalue weighted by Crippen LogP contribution is -2.28. The van der Waals surface area contributed by atoms with Crippen LogP contribution in [-0.2, 0) is 6.54 Å². The SMILES string of the molecule is Fc1c(-c2cncc(CNCC3CCCC3)c2)ccc2[nH]nc(-c3nc4c([nH]3)C3NC3=CC=C4N3CCCCC3)c12. The molecule has 5 heterocycles. The second-order valence-electron chi connectivity index (χ2n) is 11.9. The average molecular weight is 551 g/mol. The van der Waals surface area contributed by atoms with Gasteiger partial charge in [0, 0.05) is 48.9 Å². The van der Waals surface area contributed by atoms with Gasteiger partial charge in [0.15, 0.2) is 5.82 Å². The van der Waals surface area contributed by atoms with Gasteiger partial charge in [0.05, 0.1) is 22.3 Å². The monoisotopic (exact) mass is 550 g/mol. The molecule has 0 spiro atoms. The van der Waals surface area contributed by atoms with Crippen molar-refractivity contribution in [3.63, 3.8) is 0 Å². The zero-order valence-corrected chi connectivity index (χ0v) is 23.1. The normalized spacial score (nSPS) is 20.3. The van der Waals surface area contributed by atoms with Crippen molar-refractivity contribution in [2.24, 2.45) is 5.92 Å². The molecule has 1 unspecified atom stereocenters. The van der Waals surface area contributed by atoms with E-state index in [9.17, 15) is 0 Å². The minimum atomic E-state index is -0.312. The molecule has 210 valence electrons. The van der Waals surface area contributed by atoms with Crippen LogP contribution in [0.2, 0.25) is 0 Å². The summed E-state index contributed by atoms with van der Waals surface area (Å²) in [7, 11) is 0. The highest BCUT2D eigenvalue weighted by Crippen LogP contribution is 2.42. The summed E-state index contributed by atoms with van der Waals surface area (Å²) in [5.41, 5.74) is 7.74. The Morgan fingerprint density at radius 2 is 1.88 bits per heavy atom. The van der Waals surface area contributed by atoms with E-state index < -0.39 is 0 Å². The maximum Gasteiger partial charge on any atom is 0.159 e. The van der Waals surface area contributed by atoms with Gasteiger partial charge in [-0.1, -0.05) is 12.8 Å². The third kappa shape index (κ3) is 4.52. The predicted molar refractivity (Wildman–Crippen MR) is 158 cm³/mol. The maximum atomic E-state index is 16.3. The Morgan fingerprint density at radius 3 is 2.76 bits per heavy atom. The molecule has 1 saturated carbocycles. The van der Waals surface area contributed by atoms with Crippen molar-refractivity contribution >= 4 is 16.6 Å². The standard InChI is InChI=1S/C32H35FN8/c33-27-22(21-14-20(17-35-18-21)16-34-15-19-6-2-3-7-19)8-9-23-26(27)30(40-39-23)32-37-29-25(41-12-4-1-5-13-41)11-10-24-28(36-24)31(29)38-32/h8-11,14,17-19,28,34,36H,1-7,12-13,15-16H2,(H,37,38)(H,39,40). The predicted octanol–water partition coefficient (Wildman–Crippen LogP) is 5.80. The minimum Gasteiger partial charge on any atom is -0.373 e. The molecule has 2 aliphatic heterocycles. The Labute approximate surface area is 238 Å². The summed E-state index contributed by atoms with van der Waals surface area (Å²) in [5, 5.41) is 15.0. The molecule has 41 heavy (non-hydrogen) atoms. The van der Waals surface area contributed by atoms with Crippen LogP contribution < -0.4 is 10.6 Å². The number of pyridine rings is 1. The van der Waals surface area contributed by atoms with E-state index in [0.717, 1.165) is 60.3 Å². The molecule has 1 aromatic carbocycles. The Kier molecular flexibility index (Phi) is 6.13. The number of rotatable bonds is 7. The van der Waals surface area contributed by atoms with Crippen LogP contribution in [0.1, 0.15) is 67.9 Å². The Balaban J connectivity index is 1.12. The van der Waals surface area contributed by atoms with Gasteiger partial charge < -0.3 is 20.5 Å². The molecule has 3 fully saturated rings. The zero-order valence-electron chi connectivity index (χ0n) is 23.1. The van der Waals surface area contributed by atoms with Crippen molar-refractivity contribution in [3.05, 3.63) is 71.2 Å². The number of halogens is 1. The number of piperidine rings is 1. The smallest absolute Gasteiger partial charge is 0.159 e. The minimum absolute atomic E-state index is 0.117. The van der Waals surface area contributed by atoms with Gasteiger partial charge in [-0.15, -0.1) is 0 Å². The first-order valence-electron chi connectivity index (χ1n) is 15.1.